The molecule has 7 nitrogen and oxygen atoms in total. The molecule has 29 heavy (non-hydrogen) atoms. The Morgan fingerprint density at radius 2 is 1.86 bits per heavy atom. The minimum atomic E-state index is -0.177. The Kier molecular flexibility index (Phi) is 5.55. The highest BCUT2D eigenvalue weighted by Gasteiger charge is 2.15. The molecule has 1 aliphatic heterocycles. The van der Waals surface area contributed by atoms with Gasteiger partial charge in [0.15, 0.2) is 0 Å². The highest BCUT2D eigenvalue weighted by atomic mass is 16.2. The van der Waals surface area contributed by atoms with E-state index < -0.39 is 0 Å². The Morgan fingerprint density at radius 3 is 2.55 bits per heavy atom. The van der Waals surface area contributed by atoms with Crippen LogP contribution in [0.4, 0.5) is 11.4 Å². The van der Waals surface area contributed by atoms with E-state index >= 15 is 0 Å². The van der Waals surface area contributed by atoms with Crippen LogP contribution in [-0.4, -0.2) is 39.2 Å². The molecule has 0 atom stereocenters. The number of carbonyl (C=O) groups is 1. The molecule has 1 aromatic heterocycles. The summed E-state index contributed by atoms with van der Waals surface area (Å²) in [4.78, 5) is 16.1. The second-order valence-electron chi connectivity index (χ2n) is 7.44. The van der Waals surface area contributed by atoms with Crippen molar-refractivity contribution in [1.82, 2.24) is 20.2 Å². The highest BCUT2D eigenvalue weighted by Crippen LogP contribution is 2.26. The molecule has 1 aliphatic rings. The van der Waals surface area contributed by atoms with Crippen molar-refractivity contribution in [3.8, 4) is 11.4 Å². The summed E-state index contributed by atoms with van der Waals surface area (Å²) >= 11 is 0. The number of rotatable bonds is 6. The van der Waals surface area contributed by atoms with Gasteiger partial charge >= 0.3 is 0 Å². The number of aryl methyl sites for hydroxylation is 2. The maximum Gasteiger partial charge on any atom is 0.248 e. The molecule has 0 bridgehead atoms. The van der Waals surface area contributed by atoms with Crippen LogP contribution in [0.25, 0.3) is 11.4 Å². The summed E-state index contributed by atoms with van der Waals surface area (Å²) in [6.07, 6.45) is 3.47. The summed E-state index contributed by atoms with van der Waals surface area (Å²) in [5.41, 5.74) is 5.35. The van der Waals surface area contributed by atoms with E-state index in [0.717, 1.165) is 30.8 Å². The predicted molar refractivity (Wildman–Crippen MR) is 114 cm³/mol. The second-order valence-corrected chi connectivity index (χ2v) is 7.44. The molecule has 1 amide bonds. The Labute approximate surface area is 170 Å². The minimum absolute atomic E-state index is 0.0208. The fraction of sp³-hybridized carbons (Fsp3) is 0.364. The Morgan fingerprint density at radius 1 is 1.10 bits per heavy atom. The van der Waals surface area contributed by atoms with Crippen molar-refractivity contribution in [1.29, 1.82) is 0 Å². The number of hydrogen-bond donors (Lipinski definition) is 1. The fourth-order valence-corrected chi connectivity index (χ4v) is 3.69. The van der Waals surface area contributed by atoms with E-state index in [-0.39, 0.29) is 12.5 Å². The smallest absolute Gasteiger partial charge is 0.248 e. The normalized spacial score (nSPS) is 13.7. The molecule has 7 heteroatoms. The second kappa shape index (κ2) is 8.43. The molecule has 2 aromatic carbocycles. The fourth-order valence-electron chi connectivity index (χ4n) is 3.69. The first-order valence-corrected chi connectivity index (χ1v) is 10.1. The van der Waals surface area contributed by atoms with Gasteiger partial charge < -0.3 is 10.2 Å². The van der Waals surface area contributed by atoms with E-state index in [4.69, 9.17) is 0 Å². The minimum Gasteiger partial charge on any atom is -0.371 e. The average Bonchev–Trinajstić information content (AvgIpc) is 3.40. The zero-order chi connectivity index (χ0) is 20.2. The number of nitrogens with zero attached hydrogens (tertiary/aromatic N) is 5. The van der Waals surface area contributed by atoms with Gasteiger partial charge in [-0.1, -0.05) is 31.2 Å². The maximum absolute atomic E-state index is 12.4. The molecule has 0 saturated carbocycles. The summed E-state index contributed by atoms with van der Waals surface area (Å²) in [7, 11) is 0. The lowest BCUT2D eigenvalue weighted by Gasteiger charge is -2.20. The summed E-state index contributed by atoms with van der Waals surface area (Å²) < 4.78 is 0. The van der Waals surface area contributed by atoms with E-state index in [9.17, 15) is 4.79 Å². The van der Waals surface area contributed by atoms with Gasteiger partial charge in [-0.3, -0.25) is 4.79 Å². The summed E-state index contributed by atoms with van der Waals surface area (Å²) in [5.74, 6) is 0.342. The Bertz CT molecular complexity index is 989. The van der Waals surface area contributed by atoms with Crippen LogP contribution in [0.5, 0.6) is 0 Å². The molecule has 0 spiro atoms. The SMILES string of the molecule is CCc1ccc(-c2nnn(CC(=O)Nc3ccc(N4CCCC4)c(C)c3)n2)cc1. The van der Waals surface area contributed by atoms with Gasteiger partial charge in [-0.05, 0) is 60.7 Å². The largest absolute Gasteiger partial charge is 0.371 e. The summed E-state index contributed by atoms with van der Waals surface area (Å²) in [6.45, 7) is 6.43. The molecule has 4 rings (SSSR count). The number of benzene rings is 2. The van der Waals surface area contributed by atoms with Crippen molar-refractivity contribution in [2.24, 2.45) is 0 Å². The molecular formula is C22H26N6O. The molecule has 0 unspecified atom stereocenters. The third-order valence-electron chi connectivity index (χ3n) is 5.29. The van der Waals surface area contributed by atoms with Crippen molar-refractivity contribution in [3.63, 3.8) is 0 Å². The van der Waals surface area contributed by atoms with Crippen LogP contribution in [-0.2, 0) is 17.8 Å². The van der Waals surface area contributed by atoms with E-state index in [0.29, 0.717) is 5.82 Å². The number of carbonyl (C=O) groups excluding carboxylic acids is 1. The lowest BCUT2D eigenvalue weighted by Crippen LogP contribution is -2.21. The number of tetrazole rings is 1. The van der Waals surface area contributed by atoms with E-state index in [2.05, 4.69) is 57.7 Å². The number of hydrogen-bond acceptors (Lipinski definition) is 5. The number of aromatic nitrogens is 4. The quantitative estimate of drug-likeness (QED) is 0.698. The van der Waals surface area contributed by atoms with Gasteiger partial charge in [0.1, 0.15) is 6.54 Å². The topological polar surface area (TPSA) is 75.9 Å². The molecule has 150 valence electrons. The first kappa shape index (κ1) is 19.1. The van der Waals surface area contributed by atoms with Crippen molar-refractivity contribution >= 4 is 17.3 Å². The molecule has 1 saturated heterocycles. The maximum atomic E-state index is 12.4. The highest BCUT2D eigenvalue weighted by molar-refractivity contribution is 5.90. The molecular weight excluding hydrogens is 364 g/mol. The van der Waals surface area contributed by atoms with Gasteiger partial charge in [0.25, 0.3) is 0 Å². The monoisotopic (exact) mass is 390 g/mol. The molecule has 1 fully saturated rings. The third-order valence-corrected chi connectivity index (χ3v) is 5.29. The predicted octanol–water partition coefficient (Wildman–Crippen LogP) is 3.45. The molecule has 0 radical (unpaired) electrons. The lowest BCUT2D eigenvalue weighted by atomic mass is 10.1. The first-order chi connectivity index (χ1) is 14.1. The first-order valence-electron chi connectivity index (χ1n) is 10.1. The number of nitrogens with one attached hydrogen (secondary N) is 1. The van der Waals surface area contributed by atoms with Gasteiger partial charge in [-0.25, -0.2) is 0 Å². The van der Waals surface area contributed by atoms with E-state index in [1.165, 1.54) is 34.5 Å². The summed E-state index contributed by atoms with van der Waals surface area (Å²) in [6, 6.07) is 14.1. The standard InChI is InChI=1S/C22H26N6O/c1-3-17-6-8-18(9-7-17)22-24-26-28(25-22)15-21(29)23-19-10-11-20(16(2)14-19)27-12-4-5-13-27/h6-11,14H,3-5,12-13,15H2,1-2H3,(H,23,29). The van der Waals surface area contributed by atoms with Crippen LogP contribution in [0.15, 0.2) is 42.5 Å². The van der Waals surface area contributed by atoms with Crippen LogP contribution in [0.3, 0.4) is 0 Å². The molecule has 0 aliphatic carbocycles. The van der Waals surface area contributed by atoms with Crippen LogP contribution in [0.2, 0.25) is 0 Å². The van der Waals surface area contributed by atoms with Gasteiger partial charge in [-0.2, -0.15) is 4.80 Å². The summed E-state index contributed by atoms with van der Waals surface area (Å²) in [5, 5.41) is 15.3. The third kappa shape index (κ3) is 4.45. The average molecular weight is 390 g/mol. The van der Waals surface area contributed by atoms with Crippen molar-refractivity contribution in [2.75, 3.05) is 23.3 Å². The molecule has 2 heterocycles. The van der Waals surface area contributed by atoms with Gasteiger partial charge in [-0.15, -0.1) is 10.2 Å². The van der Waals surface area contributed by atoms with Crippen molar-refractivity contribution < 1.29 is 4.79 Å². The van der Waals surface area contributed by atoms with Gasteiger partial charge in [0.2, 0.25) is 11.7 Å². The number of amides is 1. The van der Waals surface area contributed by atoms with E-state index in [1.54, 1.807) is 0 Å². The zero-order valence-electron chi connectivity index (χ0n) is 16.9. The van der Waals surface area contributed by atoms with Crippen LogP contribution in [0, 0.1) is 6.92 Å². The molecule has 1 N–H and O–H groups in total. The van der Waals surface area contributed by atoms with Crippen LogP contribution < -0.4 is 10.2 Å². The lowest BCUT2D eigenvalue weighted by molar-refractivity contribution is -0.117. The van der Waals surface area contributed by atoms with Crippen molar-refractivity contribution in [2.45, 2.75) is 39.7 Å². The number of anilines is 2. The van der Waals surface area contributed by atoms with Crippen LogP contribution >= 0.6 is 0 Å². The van der Waals surface area contributed by atoms with E-state index in [1.807, 2.05) is 24.3 Å². The van der Waals surface area contributed by atoms with Gasteiger partial charge in [0.05, 0.1) is 0 Å². The molecule has 3 aromatic rings. The van der Waals surface area contributed by atoms with Crippen molar-refractivity contribution in [3.05, 3.63) is 53.6 Å². The van der Waals surface area contributed by atoms with Gasteiger partial charge in [0, 0.05) is 30.0 Å². The Balaban J connectivity index is 1.38. The zero-order valence-corrected chi connectivity index (χ0v) is 16.9. The van der Waals surface area contributed by atoms with Crippen LogP contribution in [0.1, 0.15) is 30.9 Å². The Hall–Kier alpha value is -3.22.